The highest BCUT2D eigenvalue weighted by molar-refractivity contribution is 5.37. The molecule has 0 bridgehead atoms. The molecule has 2 rings (SSSR count). The van der Waals surface area contributed by atoms with Crippen molar-refractivity contribution in [1.82, 2.24) is 0 Å². The van der Waals surface area contributed by atoms with Gasteiger partial charge in [-0.15, -0.1) is 0 Å². The number of benzene rings is 2. The van der Waals surface area contributed by atoms with Crippen molar-refractivity contribution in [2.45, 2.75) is 46.1 Å². The van der Waals surface area contributed by atoms with Gasteiger partial charge in [0.15, 0.2) is 0 Å². The van der Waals surface area contributed by atoms with E-state index in [9.17, 15) is 0 Å². The van der Waals surface area contributed by atoms with E-state index in [0.717, 1.165) is 19.3 Å². The highest BCUT2D eigenvalue weighted by Gasteiger charge is 2.07. The van der Waals surface area contributed by atoms with Crippen LogP contribution in [0.5, 0.6) is 0 Å². The Kier molecular flexibility index (Phi) is 4.97. The van der Waals surface area contributed by atoms with Gasteiger partial charge in [0, 0.05) is 6.04 Å². The summed E-state index contributed by atoms with van der Waals surface area (Å²) in [4.78, 5) is 0. The number of rotatable bonds is 5. The molecule has 2 N–H and O–H groups in total. The van der Waals surface area contributed by atoms with E-state index in [1.165, 1.54) is 27.8 Å². The van der Waals surface area contributed by atoms with E-state index in [4.69, 9.17) is 5.73 Å². The predicted octanol–water partition coefficient (Wildman–Crippen LogP) is 4.63. The third kappa shape index (κ3) is 3.71. The summed E-state index contributed by atoms with van der Waals surface area (Å²) in [5.41, 5.74) is 13.2. The molecule has 2 aromatic rings. The lowest BCUT2D eigenvalue weighted by molar-refractivity contribution is 0.610. The first-order chi connectivity index (χ1) is 9.58. The normalized spacial score (nSPS) is 12.4. The maximum absolute atomic E-state index is 6.26. The number of nitrogens with two attached hydrogens (primary N) is 1. The minimum atomic E-state index is 0.155. The lowest BCUT2D eigenvalue weighted by atomic mass is 9.94. The molecule has 1 unspecified atom stereocenters. The minimum Gasteiger partial charge on any atom is -0.324 e. The second-order valence-electron chi connectivity index (χ2n) is 5.79. The molecule has 0 spiro atoms. The smallest absolute Gasteiger partial charge is 0.0294 e. The van der Waals surface area contributed by atoms with Crippen LogP contribution in [0.3, 0.4) is 0 Å². The SMILES string of the molecule is Cc1cc(C)c(CCCC(N)c2ccccc2)c(C)c1. The largest absolute Gasteiger partial charge is 0.324 e. The van der Waals surface area contributed by atoms with E-state index in [1.807, 2.05) is 6.07 Å². The highest BCUT2D eigenvalue weighted by atomic mass is 14.6. The Hall–Kier alpha value is -1.60. The zero-order valence-electron chi connectivity index (χ0n) is 12.8. The van der Waals surface area contributed by atoms with Gasteiger partial charge in [0.2, 0.25) is 0 Å². The second kappa shape index (κ2) is 6.71. The topological polar surface area (TPSA) is 26.0 Å². The minimum absolute atomic E-state index is 0.155. The van der Waals surface area contributed by atoms with Crippen LogP contribution in [0.25, 0.3) is 0 Å². The van der Waals surface area contributed by atoms with Gasteiger partial charge in [-0.2, -0.15) is 0 Å². The van der Waals surface area contributed by atoms with Gasteiger partial charge in [-0.1, -0.05) is 48.0 Å². The summed E-state index contributed by atoms with van der Waals surface area (Å²) < 4.78 is 0. The van der Waals surface area contributed by atoms with Gasteiger partial charge in [-0.3, -0.25) is 0 Å². The van der Waals surface area contributed by atoms with Crippen LogP contribution < -0.4 is 5.73 Å². The summed E-state index contributed by atoms with van der Waals surface area (Å²) in [5.74, 6) is 0. The molecule has 0 aliphatic carbocycles. The van der Waals surface area contributed by atoms with Crippen molar-refractivity contribution in [3.8, 4) is 0 Å². The first kappa shape index (κ1) is 14.8. The Morgan fingerprint density at radius 2 is 1.55 bits per heavy atom. The van der Waals surface area contributed by atoms with Crippen LogP contribution in [-0.4, -0.2) is 0 Å². The zero-order chi connectivity index (χ0) is 14.5. The van der Waals surface area contributed by atoms with Crippen molar-refractivity contribution >= 4 is 0 Å². The van der Waals surface area contributed by atoms with Crippen molar-refractivity contribution in [1.29, 1.82) is 0 Å². The maximum atomic E-state index is 6.26. The summed E-state index contributed by atoms with van der Waals surface area (Å²) in [6.07, 6.45) is 3.30. The summed E-state index contributed by atoms with van der Waals surface area (Å²) >= 11 is 0. The number of aryl methyl sites for hydroxylation is 3. The zero-order valence-corrected chi connectivity index (χ0v) is 12.8. The van der Waals surface area contributed by atoms with Crippen LogP contribution in [0, 0.1) is 20.8 Å². The van der Waals surface area contributed by atoms with Crippen molar-refractivity contribution in [2.24, 2.45) is 5.73 Å². The number of hydrogen-bond donors (Lipinski definition) is 1. The van der Waals surface area contributed by atoms with E-state index in [-0.39, 0.29) is 6.04 Å². The molecular weight excluding hydrogens is 242 g/mol. The molecule has 1 nitrogen and oxygen atoms in total. The van der Waals surface area contributed by atoms with Gasteiger partial charge in [0.1, 0.15) is 0 Å². The molecule has 106 valence electrons. The summed E-state index contributed by atoms with van der Waals surface area (Å²) in [6, 6.07) is 15.1. The van der Waals surface area contributed by atoms with Gasteiger partial charge >= 0.3 is 0 Å². The Morgan fingerprint density at radius 1 is 0.950 bits per heavy atom. The molecule has 0 aromatic heterocycles. The molecule has 0 fully saturated rings. The third-order valence-electron chi connectivity index (χ3n) is 4.01. The van der Waals surface area contributed by atoms with Gasteiger partial charge in [-0.05, 0) is 62.3 Å². The monoisotopic (exact) mass is 267 g/mol. The van der Waals surface area contributed by atoms with E-state index >= 15 is 0 Å². The van der Waals surface area contributed by atoms with Gasteiger partial charge in [0.25, 0.3) is 0 Å². The maximum Gasteiger partial charge on any atom is 0.0294 e. The average Bonchev–Trinajstić information content (AvgIpc) is 2.42. The van der Waals surface area contributed by atoms with Crippen LogP contribution in [0.2, 0.25) is 0 Å². The molecule has 20 heavy (non-hydrogen) atoms. The van der Waals surface area contributed by atoms with Gasteiger partial charge in [-0.25, -0.2) is 0 Å². The molecular formula is C19H25N. The van der Waals surface area contributed by atoms with Crippen LogP contribution in [-0.2, 0) is 6.42 Å². The van der Waals surface area contributed by atoms with E-state index < -0.39 is 0 Å². The molecule has 0 heterocycles. The molecule has 0 saturated heterocycles. The van der Waals surface area contributed by atoms with Crippen LogP contribution in [0.1, 0.15) is 46.7 Å². The first-order valence-electron chi connectivity index (χ1n) is 7.45. The van der Waals surface area contributed by atoms with Crippen molar-refractivity contribution < 1.29 is 0 Å². The fraction of sp³-hybridized carbons (Fsp3) is 0.368. The van der Waals surface area contributed by atoms with Crippen molar-refractivity contribution in [3.05, 3.63) is 70.3 Å². The summed E-state index contributed by atoms with van der Waals surface area (Å²) in [6.45, 7) is 6.59. The highest BCUT2D eigenvalue weighted by Crippen LogP contribution is 2.21. The summed E-state index contributed by atoms with van der Waals surface area (Å²) in [5, 5.41) is 0. The van der Waals surface area contributed by atoms with Crippen molar-refractivity contribution in [3.63, 3.8) is 0 Å². The van der Waals surface area contributed by atoms with E-state index in [0.29, 0.717) is 0 Å². The lowest BCUT2D eigenvalue weighted by Crippen LogP contribution is -2.10. The Balaban J connectivity index is 1.94. The van der Waals surface area contributed by atoms with Crippen LogP contribution in [0.15, 0.2) is 42.5 Å². The first-order valence-corrected chi connectivity index (χ1v) is 7.45. The predicted molar refractivity (Wildman–Crippen MR) is 87.0 cm³/mol. The molecule has 0 saturated carbocycles. The Bertz CT molecular complexity index is 534. The van der Waals surface area contributed by atoms with E-state index in [1.54, 1.807) is 0 Å². The average molecular weight is 267 g/mol. The molecule has 0 aliphatic rings. The second-order valence-corrected chi connectivity index (χ2v) is 5.79. The Labute approximate surface area is 122 Å². The lowest BCUT2D eigenvalue weighted by Gasteiger charge is -2.14. The standard InChI is InChI=1S/C19H25N/c1-14-12-15(2)18(16(3)13-14)10-7-11-19(20)17-8-5-4-6-9-17/h4-6,8-9,12-13,19H,7,10-11,20H2,1-3H3. The molecule has 0 radical (unpaired) electrons. The van der Waals surface area contributed by atoms with Gasteiger partial charge < -0.3 is 5.73 Å². The van der Waals surface area contributed by atoms with Crippen LogP contribution in [0.4, 0.5) is 0 Å². The molecule has 1 heteroatoms. The molecule has 1 atom stereocenters. The summed E-state index contributed by atoms with van der Waals surface area (Å²) in [7, 11) is 0. The van der Waals surface area contributed by atoms with Gasteiger partial charge in [0.05, 0.1) is 0 Å². The fourth-order valence-electron chi connectivity index (χ4n) is 2.97. The van der Waals surface area contributed by atoms with Crippen LogP contribution >= 0.6 is 0 Å². The molecule has 2 aromatic carbocycles. The molecule has 0 aliphatic heterocycles. The Morgan fingerprint density at radius 3 is 2.15 bits per heavy atom. The molecule has 0 amide bonds. The number of hydrogen-bond acceptors (Lipinski definition) is 1. The fourth-order valence-corrected chi connectivity index (χ4v) is 2.97. The quantitative estimate of drug-likeness (QED) is 0.839. The third-order valence-corrected chi connectivity index (χ3v) is 4.01. The van der Waals surface area contributed by atoms with Crippen molar-refractivity contribution in [2.75, 3.05) is 0 Å². The van der Waals surface area contributed by atoms with E-state index in [2.05, 4.69) is 57.2 Å².